The van der Waals surface area contributed by atoms with Crippen LogP contribution < -0.4 is 16.0 Å². The highest BCUT2D eigenvalue weighted by molar-refractivity contribution is 6.01. The summed E-state index contributed by atoms with van der Waals surface area (Å²) in [6.07, 6.45) is 1.44. The lowest BCUT2D eigenvalue weighted by Crippen LogP contribution is -2.46. The number of nitrogens with zero attached hydrogens (tertiary/aromatic N) is 2. The molecule has 2 fully saturated rings. The normalized spacial score (nSPS) is 25.9. The van der Waals surface area contributed by atoms with Gasteiger partial charge < -0.3 is 20.9 Å². The Kier molecular flexibility index (Phi) is 5.16. The van der Waals surface area contributed by atoms with E-state index in [9.17, 15) is 9.59 Å². The Hall–Kier alpha value is -1.92. The zero-order chi connectivity index (χ0) is 17.1. The van der Waals surface area contributed by atoms with E-state index in [-0.39, 0.29) is 11.7 Å². The number of carbonyl (C=O) groups is 2. The first-order valence-electron chi connectivity index (χ1n) is 8.67. The summed E-state index contributed by atoms with van der Waals surface area (Å²) in [6, 6.07) is 6.98. The molecular weight excluding hydrogens is 304 g/mol. The number of anilines is 1. The zero-order valence-corrected chi connectivity index (χ0v) is 14.2. The van der Waals surface area contributed by atoms with Crippen LogP contribution in [0.25, 0.3) is 0 Å². The second kappa shape index (κ2) is 7.32. The van der Waals surface area contributed by atoms with E-state index < -0.39 is 12.0 Å². The fourth-order valence-corrected chi connectivity index (χ4v) is 3.42. The van der Waals surface area contributed by atoms with Crippen LogP contribution in [0.2, 0.25) is 0 Å². The molecule has 3 N–H and O–H groups in total. The van der Waals surface area contributed by atoms with Crippen molar-refractivity contribution in [3.8, 4) is 0 Å². The van der Waals surface area contributed by atoms with E-state index in [2.05, 4.69) is 22.2 Å². The van der Waals surface area contributed by atoms with E-state index in [0.29, 0.717) is 18.5 Å². The maximum atomic E-state index is 12.8. The third-order valence-electron chi connectivity index (χ3n) is 5.08. The van der Waals surface area contributed by atoms with Gasteiger partial charge in [0.2, 0.25) is 5.91 Å². The number of rotatable bonds is 3. The van der Waals surface area contributed by atoms with Crippen LogP contribution in [0.4, 0.5) is 5.69 Å². The van der Waals surface area contributed by atoms with Crippen molar-refractivity contribution in [2.75, 3.05) is 44.7 Å². The van der Waals surface area contributed by atoms with E-state index in [0.717, 1.165) is 38.3 Å². The third-order valence-corrected chi connectivity index (χ3v) is 5.08. The molecule has 2 unspecified atom stereocenters. The van der Waals surface area contributed by atoms with Crippen LogP contribution in [0.1, 0.15) is 23.2 Å². The predicted octanol–water partition coefficient (Wildman–Crippen LogP) is 0.475. The maximum absolute atomic E-state index is 12.8. The third kappa shape index (κ3) is 3.60. The minimum Gasteiger partial charge on any atom is -0.369 e. The van der Waals surface area contributed by atoms with Crippen LogP contribution in [0.15, 0.2) is 24.3 Å². The van der Waals surface area contributed by atoms with Gasteiger partial charge >= 0.3 is 0 Å². The van der Waals surface area contributed by atoms with E-state index in [1.165, 1.54) is 0 Å². The molecule has 0 radical (unpaired) electrons. The van der Waals surface area contributed by atoms with Gasteiger partial charge in [-0.25, -0.2) is 0 Å². The largest absolute Gasteiger partial charge is 0.369 e. The molecule has 2 aliphatic rings. The lowest BCUT2D eigenvalue weighted by Gasteiger charge is -2.34. The van der Waals surface area contributed by atoms with Crippen molar-refractivity contribution in [2.24, 2.45) is 11.7 Å². The highest BCUT2D eigenvalue weighted by Crippen LogP contribution is 2.22. The monoisotopic (exact) mass is 330 g/mol. The summed E-state index contributed by atoms with van der Waals surface area (Å²) in [5.41, 5.74) is 7.76. The molecule has 0 aliphatic carbocycles. The molecule has 130 valence electrons. The smallest absolute Gasteiger partial charge is 0.237 e. The van der Waals surface area contributed by atoms with Crippen molar-refractivity contribution >= 4 is 17.4 Å². The van der Waals surface area contributed by atoms with E-state index in [4.69, 9.17) is 5.73 Å². The molecule has 24 heavy (non-hydrogen) atoms. The van der Waals surface area contributed by atoms with Crippen molar-refractivity contribution in [3.05, 3.63) is 29.8 Å². The highest BCUT2D eigenvalue weighted by Gasteiger charge is 2.32. The number of likely N-dealkylation sites (N-methyl/N-ethyl adjacent to an activating group) is 1. The van der Waals surface area contributed by atoms with Crippen molar-refractivity contribution in [3.63, 3.8) is 0 Å². The fourth-order valence-electron chi connectivity index (χ4n) is 3.42. The second-order valence-corrected chi connectivity index (χ2v) is 6.77. The fraction of sp³-hybridized carbons (Fsp3) is 0.556. The minimum absolute atomic E-state index is 0.0236. The molecule has 2 heterocycles. The highest BCUT2D eigenvalue weighted by atomic mass is 16.2. The number of carbonyl (C=O) groups excluding carboxylic acids is 2. The lowest BCUT2D eigenvalue weighted by molar-refractivity contribution is -0.122. The van der Waals surface area contributed by atoms with Crippen molar-refractivity contribution in [1.29, 1.82) is 0 Å². The molecule has 1 aromatic carbocycles. The van der Waals surface area contributed by atoms with Gasteiger partial charge in [-0.1, -0.05) is 0 Å². The standard InChI is InChI=1S/C18H26N4O2/c1-21-9-11-22(12-10-21)14-6-4-13(5-7-14)17(23)15-3-2-8-20-18(24)16(15)19/h4-7,15-16H,2-3,8-12,19H2,1H3,(H,20,24). The van der Waals surface area contributed by atoms with Crippen LogP contribution in [-0.4, -0.2) is 62.4 Å². The van der Waals surface area contributed by atoms with Gasteiger partial charge in [0.15, 0.2) is 5.78 Å². The van der Waals surface area contributed by atoms with Gasteiger partial charge in [0.05, 0.1) is 6.04 Å². The zero-order valence-electron chi connectivity index (χ0n) is 14.2. The molecule has 0 aromatic heterocycles. The van der Waals surface area contributed by atoms with Gasteiger partial charge in [-0.15, -0.1) is 0 Å². The summed E-state index contributed by atoms with van der Waals surface area (Å²) in [5.74, 6) is -0.675. The molecule has 1 aromatic rings. The lowest BCUT2D eigenvalue weighted by atomic mass is 9.88. The van der Waals surface area contributed by atoms with Crippen LogP contribution in [0.3, 0.4) is 0 Å². The Balaban J connectivity index is 1.70. The molecule has 3 rings (SSSR count). The van der Waals surface area contributed by atoms with Gasteiger partial charge in [-0.3, -0.25) is 9.59 Å². The van der Waals surface area contributed by atoms with Crippen molar-refractivity contribution in [2.45, 2.75) is 18.9 Å². The van der Waals surface area contributed by atoms with Gasteiger partial charge in [0, 0.05) is 49.9 Å². The summed E-state index contributed by atoms with van der Waals surface area (Å²) in [6.45, 7) is 4.69. The van der Waals surface area contributed by atoms with Crippen LogP contribution in [0, 0.1) is 5.92 Å². The summed E-state index contributed by atoms with van der Waals surface area (Å²) in [7, 11) is 2.13. The molecule has 1 amide bonds. The Morgan fingerprint density at radius 2 is 1.83 bits per heavy atom. The molecule has 2 aliphatic heterocycles. The van der Waals surface area contributed by atoms with Crippen LogP contribution in [0.5, 0.6) is 0 Å². The first kappa shape index (κ1) is 16.9. The summed E-state index contributed by atoms with van der Waals surface area (Å²) < 4.78 is 0. The number of nitrogens with two attached hydrogens (primary N) is 1. The van der Waals surface area contributed by atoms with Gasteiger partial charge in [-0.2, -0.15) is 0 Å². The van der Waals surface area contributed by atoms with E-state index in [1.54, 1.807) is 0 Å². The van der Waals surface area contributed by atoms with E-state index >= 15 is 0 Å². The average Bonchev–Trinajstić information content (AvgIpc) is 2.77. The molecule has 2 saturated heterocycles. The first-order chi connectivity index (χ1) is 11.6. The minimum atomic E-state index is -0.752. The number of amides is 1. The number of benzene rings is 1. The number of Topliss-reactive ketones (excluding diaryl/α,β-unsaturated/α-hetero) is 1. The SMILES string of the molecule is CN1CCN(c2ccc(C(=O)C3CCCNC(=O)C3N)cc2)CC1. The Bertz CT molecular complexity index is 594. The molecule has 0 bridgehead atoms. The number of hydrogen-bond donors (Lipinski definition) is 2. The quantitative estimate of drug-likeness (QED) is 0.788. The Morgan fingerprint density at radius 3 is 2.50 bits per heavy atom. The molecule has 0 saturated carbocycles. The van der Waals surface area contributed by atoms with Crippen molar-refractivity contribution < 1.29 is 9.59 Å². The van der Waals surface area contributed by atoms with Crippen molar-refractivity contribution in [1.82, 2.24) is 10.2 Å². The van der Waals surface area contributed by atoms with Gasteiger partial charge in [-0.05, 0) is 44.2 Å². The number of hydrogen-bond acceptors (Lipinski definition) is 5. The Labute approximate surface area is 143 Å². The summed E-state index contributed by atoms with van der Waals surface area (Å²) in [5, 5.41) is 2.76. The molecule has 6 nitrogen and oxygen atoms in total. The second-order valence-electron chi connectivity index (χ2n) is 6.77. The number of ketones is 1. The molecule has 0 spiro atoms. The topological polar surface area (TPSA) is 78.7 Å². The first-order valence-corrected chi connectivity index (χ1v) is 8.67. The van der Waals surface area contributed by atoms with Crippen LogP contribution in [-0.2, 0) is 4.79 Å². The summed E-state index contributed by atoms with van der Waals surface area (Å²) in [4.78, 5) is 29.3. The van der Waals surface area contributed by atoms with Gasteiger partial charge in [0.1, 0.15) is 0 Å². The average molecular weight is 330 g/mol. The number of piperazine rings is 1. The van der Waals surface area contributed by atoms with E-state index in [1.807, 2.05) is 24.3 Å². The number of nitrogens with one attached hydrogen (secondary N) is 1. The maximum Gasteiger partial charge on any atom is 0.237 e. The molecular formula is C18H26N4O2. The predicted molar refractivity (Wildman–Crippen MR) is 94.2 cm³/mol. The Morgan fingerprint density at radius 1 is 1.17 bits per heavy atom. The summed E-state index contributed by atoms with van der Waals surface area (Å²) >= 11 is 0. The molecule has 2 atom stereocenters. The molecule has 6 heteroatoms. The van der Waals surface area contributed by atoms with Crippen LogP contribution >= 0.6 is 0 Å². The van der Waals surface area contributed by atoms with Gasteiger partial charge in [0.25, 0.3) is 0 Å².